The fourth-order valence-corrected chi connectivity index (χ4v) is 2.37. The Hall–Kier alpha value is -2.48. The SMILES string of the molecule is COC(=O)C[C@H]1C(=O)NCCN1Cc1ccc([N+](=O)[O-])cc1. The molecule has 0 saturated carbocycles. The number of nitro benzene ring substituents is 1. The van der Waals surface area contributed by atoms with Gasteiger partial charge in [-0.25, -0.2) is 0 Å². The van der Waals surface area contributed by atoms with Gasteiger partial charge in [0.05, 0.1) is 18.5 Å². The summed E-state index contributed by atoms with van der Waals surface area (Å²) in [7, 11) is 1.28. The van der Waals surface area contributed by atoms with Crippen molar-refractivity contribution in [1.29, 1.82) is 0 Å². The number of carbonyl (C=O) groups excluding carboxylic acids is 2. The molecule has 1 aromatic carbocycles. The molecule has 1 heterocycles. The van der Waals surface area contributed by atoms with Gasteiger partial charge >= 0.3 is 5.97 Å². The fraction of sp³-hybridized carbons (Fsp3) is 0.429. The Kier molecular flexibility index (Phi) is 5.05. The number of methoxy groups -OCH3 is 1. The van der Waals surface area contributed by atoms with E-state index in [1.807, 2.05) is 4.90 Å². The van der Waals surface area contributed by atoms with Gasteiger partial charge in [0.15, 0.2) is 0 Å². The van der Waals surface area contributed by atoms with Gasteiger partial charge in [0.2, 0.25) is 5.91 Å². The zero-order valence-electron chi connectivity index (χ0n) is 12.2. The molecule has 1 aliphatic rings. The maximum absolute atomic E-state index is 11.9. The van der Waals surface area contributed by atoms with Crippen molar-refractivity contribution < 1.29 is 19.2 Å². The molecule has 1 aliphatic heterocycles. The molecular formula is C14H17N3O5. The summed E-state index contributed by atoms with van der Waals surface area (Å²) in [6.45, 7) is 1.54. The first-order valence-electron chi connectivity index (χ1n) is 6.83. The summed E-state index contributed by atoms with van der Waals surface area (Å²) >= 11 is 0. The van der Waals surface area contributed by atoms with Gasteiger partial charge in [0.25, 0.3) is 5.69 Å². The van der Waals surface area contributed by atoms with Crippen molar-refractivity contribution in [3.05, 3.63) is 39.9 Å². The molecule has 1 N–H and O–H groups in total. The number of non-ortho nitro benzene ring substituents is 1. The third-order valence-corrected chi connectivity index (χ3v) is 3.56. The second kappa shape index (κ2) is 6.99. The first kappa shape index (κ1) is 15.9. The quantitative estimate of drug-likeness (QED) is 0.481. The van der Waals surface area contributed by atoms with Crippen molar-refractivity contribution in [3.8, 4) is 0 Å². The highest BCUT2D eigenvalue weighted by molar-refractivity contribution is 5.87. The molecule has 1 aromatic rings. The maximum atomic E-state index is 11.9. The predicted molar refractivity (Wildman–Crippen MR) is 76.9 cm³/mol. The van der Waals surface area contributed by atoms with Crippen LogP contribution in [0, 0.1) is 10.1 Å². The molecule has 0 bridgehead atoms. The van der Waals surface area contributed by atoms with Crippen LogP contribution in [0.5, 0.6) is 0 Å². The molecule has 1 amide bonds. The lowest BCUT2D eigenvalue weighted by Gasteiger charge is -2.34. The molecule has 0 radical (unpaired) electrons. The molecule has 1 fully saturated rings. The van der Waals surface area contributed by atoms with Crippen LogP contribution in [0.4, 0.5) is 5.69 Å². The summed E-state index contributed by atoms with van der Waals surface area (Å²) in [4.78, 5) is 35.4. The number of esters is 1. The highest BCUT2D eigenvalue weighted by Gasteiger charge is 2.31. The van der Waals surface area contributed by atoms with E-state index in [-0.39, 0.29) is 18.0 Å². The number of nitrogens with zero attached hydrogens (tertiary/aromatic N) is 2. The molecule has 0 aromatic heterocycles. The Labute approximate surface area is 127 Å². The summed E-state index contributed by atoms with van der Waals surface area (Å²) in [6.07, 6.45) is -0.0185. The molecule has 0 aliphatic carbocycles. The van der Waals surface area contributed by atoms with E-state index in [0.717, 1.165) is 5.56 Å². The smallest absolute Gasteiger partial charge is 0.307 e. The van der Waals surface area contributed by atoms with Gasteiger partial charge in [0.1, 0.15) is 6.04 Å². The lowest BCUT2D eigenvalue weighted by atomic mass is 10.1. The van der Waals surface area contributed by atoms with E-state index in [9.17, 15) is 19.7 Å². The third-order valence-electron chi connectivity index (χ3n) is 3.56. The van der Waals surface area contributed by atoms with Gasteiger partial charge in [-0.3, -0.25) is 24.6 Å². The molecule has 118 valence electrons. The number of benzene rings is 1. The lowest BCUT2D eigenvalue weighted by Crippen LogP contribution is -2.55. The first-order valence-corrected chi connectivity index (χ1v) is 6.83. The molecule has 22 heavy (non-hydrogen) atoms. The minimum absolute atomic E-state index is 0.0185. The van der Waals surface area contributed by atoms with Crippen LogP contribution < -0.4 is 5.32 Å². The average Bonchev–Trinajstić information content (AvgIpc) is 2.51. The Morgan fingerprint density at radius 2 is 2.14 bits per heavy atom. The number of nitro groups is 1. The minimum atomic E-state index is -0.587. The van der Waals surface area contributed by atoms with Crippen molar-refractivity contribution >= 4 is 17.6 Å². The van der Waals surface area contributed by atoms with Gasteiger partial charge in [-0.2, -0.15) is 0 Å². The Morgan fingerprint density at radius 3 is 2.73 bits per heavy atom. The average molecular weight is 307 g/mol. The van der Waals surface area contributed by atoms with Crippen LogP contribution >= 0.6 is 0 Å². The van der Waals surface area contributed by atoms with Crippen LogP contribution in [0.15, 0.2) is 24.3 Å². The standard InChI is InChI=1S/C14H17N3O5/c1-22-13(18)8-12-14(19)15-6-7-16(12)9-10-2-4-11(5-3-10)17(20)21/h2-5,12H,6-9H2,1H3,(H,15,19)/t12-/m0/s1. The number of carbonyl (C=O) groups is 2. The number of hydrogen-bond acceptors (Lipinski definition) is 6. The first-order chi connectivity index (χ1) is 10.5. The molecule has 0 spiro atoms. The minimum Gasteiger partial charge on any atom is -0.469 e. The van der Waals surface area contributed by atoms with Crippen LogP contribution in [-0.4, -0.2) is 47.9 Å². The van der Waals surface area contributed by atoms with E-state index in [1.165, 1.54) is 19.2 Å². The van der Waals surface area contributed by atoms with Crippen LogP contribution in [0.2, 0.25) is 0 Å². The topological polar surface area (TPSA) is 102 Å². The molecular weight excluding hydrogens is 290 g/mol. The van der Waals surface area contributed by atoms with Crippen molar-refractivity contribution in [1.82, 2.24) is 10.2 Å². The number of ether oxygens (including phenoxy) is 1. The van der Waals surface area contributed by atoms with Crippen molar-refractivity contribution in [3.63, 3.8) is 0 Å². The Balaban J connectivity index is 2.09. The van der Waals surface area contributed by atoms with Crippen molar-refractivity contribution in [2.24, 2.45) is 0 Å². The second-order valence-electron chi connectivity index (χ2n) is 4.98. The third kappa shape index (κ3) is 3.79. The number of hydrogen-bond donors (Lipinski definition) is 1. The van der Waals surface area contributed by atoms with Crippen LogP contribution in [0.25, 0.3) is 0 Å². The van der Waals surface area contributed by atoms with E-state index < -0.39 is 16.9 Å². The molecule has 8 nitrogen and oxygen atoms in total. The van der Waals surface area contributed by atoms with E-state index in [1.54, 1.807) is 12.1 Å². The molecule has 0 unspecified atom stereocenters. The molecule has 8 heteroatoms. The lowest BCUT2D eigenvalue weighted by molar-refractivity contribution is -0.384. The number of rotatable bonds is 5. The summed E-state index contributed by atoms with van der Waals surface area (Å²) in [5, 5.41) is 13.4. The van der Waals surface area contributed by atoms with E-state index in [0.29, 0.717) is 19.6 Å². The summed E-state index contributed by atoms with van der Waals surface area (Å²) in [5.41, 5.74) is 0.862. The van der Waals surface area contributed by atoms with Gasteiger partial charge in [-0.1, -0.05) is 12.1 Å². The van der Waals surface area contributed by atoms with Crippen LogP contribution in [0.1, 0.15) is 12.0 Å². The zero-order chi connectivity index (χ0) is 16.1. The van der Waals surface area contributed by atoms with E-state index >= 15 is 0 Å². The largest absolute Gasteiger partial charge is 0.469 e. The van der Waals surface area contributed by atoms with Crippen LogP contribution in [-0.2, 0) is 20.9 Å². The van der Waals surface area contributed by atoms with Gasteiger partial charge < -0.3 is 10.1 Å². The van der Waals surface area contributed by atoms with Crippen LogP contribution in [0.3, 0.4) is 0 Å². The monoisotopic (exact) mass is 307 g/mol. The predicted octanol–water partition coefficient (Wildman–Crippen LogP) is 0.458. The van der Waals surface area contributed by atoms with Crippen molar-refractivity contribution in [2.75, 3.05) is 20.2 Å². The maximum Gasteiger partial charge on any atom is 0.307 e. The highest BCUT2D eigenvalue weighted by Crippen LogP contribution is 2.17. The highest BCUT2D eigenvalue weighted by atomic mass is 16.6. The summed E-state index contributed by atoms with van der Waals surface area (Å²) in [5.74, 6) is -0.658. The fourth-order valence-electron chi connectivity index (χ4n) is 2.37. The zero-order valence-corrected chi connectivity index (χ0v) is 12.2. The Morgan fingerprint density at radius 1 is 1.45 bits per heavy atom. The van der Waals surface area contributed by atoms with E-state index in [4.69, 9.17) is 0 Å². The van der Waals surface area contributed by atoms with Gasteiger partial charge in [-0.05, 0) is 5.56 Å². The number of piperazine rings is 1. The normalized spacial score (nSPS) is 18.6. The second-order valence-corrected chi connectivity index (χ2v) is 4.98. The summed E-state index contributed by atoms with van der Waals surface area (Å²) in [6, 6.07) is 5.57. The van der Waals surface area contributed by atoms with E-state index in [2.05, 4.69) is 10.1 Å². The van der Waals surface area contributed by atoms with Crippen molar-refractivity contribution in [2.45, 2.75) is 19.0 Å². The number of nitrogens with one attached hydrogen (secondary N) is 1. The molecule has 2 rings (SSSR count). The molecule has 1 atom stereocenters. The van der Waals surface area contributed by atoms with Gasteiger partial charge in [-0.15, -0.1) is 0 Å². The molecule has 1 saturated heterocycles. The summed E-state index contributed by atoms with van der Waals surface area (Å²) < 4.78 is 4.62. The Bertz CT molecular complexity index is 572. The van der Waals surface area contributed by atoms with Gasteiger partial charge in [0, 0.05) is 31.8 Å². The number of amides is 1.